The molecule has 2 aliphatic heterocycles. The lowest BCUT2D eigenvalue weighted by Gasteiger charge is -2.60. The van der Waals surface area contributed by atoms with Gasteiger partial charge in [0.25, 0.3) is 0 Å². The average molecular weight is 442 g/mol. The Labute approximate surface area is 173 Å². The second-order valence-corrected chi connectivity index (χ2v) is 9.94. The van der Waals surface area contributed by atoms with E-state index in [0.29, 0.717) is 17.7 Å². The van der Waals surface area contributed by atoms with Crippen molar-refractivity contribution in [2.45, 2.75) is 48.8 Å². The molecule has 0 amide bonds. The molecule has 1 saturated heterocycles. The van der Waals surface area contributed by atoms with Crippen LogP contribution in [0.1, 0.15) is 35.4 Å². The van der Waals surface area contributed by atoms with Crippen LogP contribution < -0.4 is 4.74 Å². The molecule has 2 bridgehead atoms. The van der Waals surface area contributed by atoms with Gasteiger partial charge in [-0.2, -0.15) is 0 Å². The van der Waals surface area contributed by atoms with Gasteiger partial charge < -0.3 is 19.8 Å². The monoisotopic (exact) mass is 441 g/mol. The number of likely N-dealkylation sites (tertiary alicyclic amines) is 1. The molecule has 1 spiro atoms. The third-order valence-corrected chi connectivity index (χ3v) is 8.50. The Hall–Kier alpha value is -1.56. The largest absolute Gasteiger partial charge is 0.504 e. The molecule has 0 unspecified atom stereocenters. The summed E-state index contributed by atoms with van der Waals surface area (Å²) in [5.41, 5.74) is 3.47. The average Bonchev–Trinajstić information content (AvgIpc) is 3.04. The van der Waals surface area contributed by atoms with Gasteiger partial charge in [-0.3, -0.25) is 0 Å². The standard InChI is InChI=1S/C23H24BrNO3/c1-25-9-8-23-16-11-15(12-2-5-14(24)6-3-12)20(27)22(23)28-21-18(26)7-4-13(19(21)23)10-17(16)25/h2-7,15-17,20,22,26-27H,8-11H2,1H3/t15-,16+,17-,20+,22+,23+/m1/s1. The summed E-state index contributed by atoms with van der Waals surface area (Å²) in [7, 11) is 2.23. The van der Waals surface area contributed by atoms with Crippen LogP contribution in [-0.2, 0) is 11.8 Å². The summed E-state index contributed by atoms with van der Waals surface area (Å²) in [5, 5.41) is 22.0. The van der Waals surface area contributed by atoms with Gasteiger partial charge in [-0.1, -0.05) is 34.1 Å². The normalized spacial score (nSPS) is 38.0. The van der Waals surface area contributed by atoms with Crippen molar-refractivity contribution in [3.63, 3.8) is 0 Å². The quantitative estimate of drug-likeness (QED) is 0.709. The second-order valence-electron chi connectivity index (χ2n) is 9.02. The molecular weight excluding hydrogens is 418 g/mol. The highest BCUT2D eigenvalue weighted by molar-refractivity contribution is 9.10. The zero-order chi connectivity index (χ0) is 19.2. The maximum Gasteiger partial charge on any atom is 0.165 e. The minimum atomic E-state index is -0.584. The van der Waals surface area contributed by atoms with E-state index < -0.39 is 6.10 Å². The maximum absolute atomic E-state index is 11.5. The molecule has 2 aliphatic carbocycles. The van der Waals surface area contributed by atoms with Crippen molar-refractivity contribution in [2.24, 2.45) is 5.92 Å². The molecule has 2 fully saturated rings. The molecule has 4 aliphatic rings. The summed E-state index contributed by atoms with van der Waals surface area (Å²) in [6.45, 7) is 1.01. The SMILES string of the molecule is CN1CC[C@]23c4c5ccc(O)c4O[C@H]2[C@@H](O)[C@@H](c2ccc(Br)cc2)C[C@H]3[C@H]1C5. The van der Waals surface area contributed by atoms with E-state index in [1.807, 2.05) is 0 Å². The van der Waals surface area contributed by atoms with Crippen molar-refractivity contribution in [1.29, 1.82) is 0 Å². The minimum Gasteiger partial charge on any atom is -0.504 e. The number of aliphatic hydroxyl groups excluding tert-OH is 1. The number of benzene rings is 2. The summed E-state index contributed by atoms with van der Waals surface area (Å²) in [6, 6.07) is 12.6. The molecular formula is C23H24BrNO3. The lowest BCUT2D eigenvalue weighted by atomic mass is 9.49. The Balaban J connectivity index is 1.53. The number of rotatable bonds is 1. The lowest BCUT2D eigenvalue weighted by Crippen LogP contribution is -2.67. The van der Waals surface area contributed by atoms with Crippen LogP contribution in [0, 0.1) is 5.92 Å². The van der Waals surface area contributed by atoms with E-state index in [1.54, 1.807) is 6.07 Å². The Morgan fingerprint density at radius 3 is 2.75 bits per heavy atom. The number of hydrogen-bond donors (Lipinski definition) is 2. The van der Waals surface area contributed by atoms with Crippen LogP contribution in [0.5, 0.6) is 11.5 Å². The van der Waals surface area contributed by atoms with E-state index in [4.69, 9.17) is 4.74 Å². The summed E-state index contributed by atoms with van der Waals surface area (Å²) in [6.07, 6.45) is 2.04. The highest BCUT2D eigenvalue weighted by atomic mass is 79.9. The van der Waals surface area contributed by atoms with Crippen molar-refractivity contribution in [3.05, 3.63) is 57.6 Å². The van der Waals surface area contributed by atoms with Gasteiger partial charge in [0.15, 0.2) is 11.5 Å². The molecule has 6 rings (SSSR count). The fourth-order valence-corrected chi connectivity index (χ4v) is 7.01. The molecule has 28 heavy (non-hydrogen) atoms. The Kier molecular flexibility index (Phi) is 3.55. The van der Waals surface area contributed by atoms with E-state index in [-0.39, 0.29) is 23.2 Å². The molecule has 4 nitrogen and oxygen atoms in total. The van der Waals surface area contributed by atoms with Crippen molar-refractivity contribution < 1.29 is 14.9 Å². The number of aliphatic hydroxyl groups is 1. The molecule has 2 heterocycles. The predicted octanol–water partition coefficient (Wildman–Crippen LogP) is 3.58. The van der Waals surface area contributed by atoms with Gasteiger partial charge in [0.2, 0.25) is 0 Å². The number of halogens is 1. The van der Waals surface area contributed by atoms with Gasteiger partial charge in [-0.15, -0.1) is 0 Å². The van der Waals surface area contributed by atoms with Gasteiger partial charge in [0.1, 0.15) is 6.10 Å². The van der Waals surface area contributed by atoms with Crippen LogP contribution in [0.2, 0.25) is 0 Å². The summed E-state index contributed by atoms with van der Waals surface area (Å²) >= 11 is 3.52. The molecule has 2 aromatic carbocycles. The van der Waals surface area contributed by atoms with Crippen molar-refractivity contribution in [2.75, 3.05) is 13.6 Å². The number of hydrogen-bond acceptors (Lipinski definition) is 4. The number of likely N-dealkylation sites (N-methyl/N-ethyl adjacent to an activating group) is 1. The molecule has 2 N–H and O–H groups in total. The van der Waals surface area contributed by atoms with E-state index >= 15 is 0 Å². The van der Waals surface area contributed by atoms with Crippen LogP contribution >= 0.6 is 15.9 Å². The van der Waals surface area contributed by atoms with E-state index in [0.717, 1.165) is 30.3 Å². The molecule has 0 radical (unpaired) electrons. The van der Waals surface area contributed by atoms with Crippen LogP contribution in [0.4, 0.5) is 0 Å². The molecule has 6 atom stereocenters. The number of phenols is 1. The Morgan fingerprint density at radius 2 is 1.96 bits per heavy atom. The van der Waals surface area contributed by atoms with Crippen LogP contribution in [0.25, 0.3) is 0 Å². The Morgan fingerprint density at radius 1 is 1.18 bits per heavy atom. The molecule has 5 heteroatoms. The van der Waals surface area contributed by atoms with Crippen LogP contribution in [-0.4, -0.2) is 47.0 Å². The lowest BCUT2D eigenvalue weighted by molar-refractivity contribution is -0.110. The summed E-state index contributed by atoms with van der Waals surface area (Å²) < 4.78 is 7.45. The van der Waals surface area contributed by atoms with Crippen molar-refractivity contribution in [3.8, 4) is 11.5 Å². The smallest absolute Gasteiger partial charge is 0.165 e. The maximum atomic E-state index is 11.5. The van der Waals surface area contributed by atoms with Gasteiger partial charge >= 0.3 is 0 Å². The molecule has 146 valence electrons. The highest BCUT2D eigenvalue weighted by Crippen LogP contribution is 2.65. The Bertz CT molecular complexity index is 961. The number of nitrogens with zero attached hydrogens (tertiary/aromatic N) is 1. The molecule has 2 aromatic rings. The fraction of sp³-hybridized carbons (Fsp3) is 0.478. The number of phenolic OH excluding ortho intramolecular Hbond substituents is 1. The first-order valence-electron chi connectivity index (χ1n) is 10.2. The van der Waals surface area contributed by atoms with Crippen molar-refractivity contribution in [1.82, 2.24) is 4.90 Å². The zero-order valence-corrected chi connectivity index (χ0v) is 17.4. The molecule has 1 saturated carbocycles. The predicted molar refractivity (Wildman–Crippen MR) is 110 cm³/mol. The van der Waals surface area contributed by atoms with Crippen molar-refractivity contribution >= 4 is 15.9 Å². The summed E-state index contributed by atoms with van der Waals surface area (Å²) in [4.78, 5) is 2.50. The van der Waals surface area contributed by atoms with Gasteiger partial charge in [0.05, 0.1) is 6.10 Å². The first-order chi connectivity index (χ1) is 13.5. The van der Waals surface area contributed by atoms with Gasteiger partial charge in [0, 0.05) is 27.4 Å². The van der Waals surface area contributed by atoms with Gasteiger partial charge in [-0.25, -0.2) is 0 Å². The topological polar surface area (TPSA) is 52.9 Å². The molecule has 0 aromatic heterocycles. The number of aromatic hydroxyl groups is 1. The van der Waals surface area contributed by atoms with Gasteiger partial charge in [-0.05, 0) is 68.1 Å². The van der Waals surface area contributed by atoms with E-state index in [1.165, 1.54) is 16.7 Å². The van der Waals surface area contributed by atoms with Crippen LogP contribution in [0.15, 0.2) is 40.9 Å². The summed E-state index contributed by atoms with van der Waals surface area (Å²) in [5.74, 6) is 1.31. The third-order valence-electron chi connectivity index (χ3n) is 7.97. The fourth-order valence-electron chi connectivity index (χ4n) is 6.75. The van der Waals surface area contributed by atoms with Crippen LogP contribution in [0.3, 0.4) is 0 Å². The minimum absolute atomic E-state index is 0.0447. The second kappa shape index (κ2) is 5.74. The number of piperidine rings is 1. The first-order valence-corrected chi connectivity index (χ1v) is 11.0. The van der Waals surface area contributed by atoms with E-state index in [9.17, 15) is 10.2 Å². The number of ether oxygens (including phenoxy) is 1. The van der Waals surface area contributed by atoms with E-state index in [2.05, 4.69) is 58.2 Å². The highest BCUT2D eigenvalue weighted by Gasteiger charge is 2.67. The first kappa shape index (κ1) is 17.3. The zero-order valence-electron chi connectivity index (χ0n) is 15.8. The third kappa shape index (κ3) is 2.02.